The van der Waals surface area contributed by atoms with Crippen LogP contribution in [0.15, 0.2) is 182 Å². The Bertz CT molecular complexity index is 1890. The van der Waals surface area contributed by atoms with Gasteiger partial charge in [-0.25, -0.2) is 0 Å². The van der Waals surface area contributed by atoms with Crippen LogP contribution in [0, 0.1) is 0 Å². The molecule has 0 aliphatic rings. The lowest BCUT2D eigenvalue weighted by Gasteiger charge is -2.18. The van der Waals surface area contributed by atoms with Crippen LogP contribution in [0.1, 0.15) is 245 Å². The van der Waals surface area contributed by atoms with E-state index in [-0.39, 0.29) is 37.5 Å². The molecule has 0 heterocycles. The minimum Gasteiger partial charge on any atom is -0.462 e. The number of carbonyl (C=O) groups excluding carboxylic acids is 3. The van der Waals surface area contributed by atoms with Crippen LogP contribution < -0.4 is 0 Å². The summed E-state index contributed by atoms with van der Waals surface area (Å²) >= 11 is 0. The summed E-state index contributed by atoms with van der Waals surface area (Å²) in [4.78, 5) is 38.1. The van der Waals surface area contributed by atoms with Crippen molar-refractivity contribution in [2.24, 2.45) is 0 Å². The number of allylic oxidation sites excluding steroid dienone is 30. The van der Waals surface area contributed by atoms with Gasteiger partial charge in [0.15, 0.2) is 6.10 Å². The molecule has 80 heavy (non-hydrogen) atoms. The summed E-state index contributed by atoms with van der Waals surface area (Å²) < 4.78 is 16.8. The summed E-state index contributed by atoms with van der Waals surface area (Å²) in [5.41, 5.74) is 0. The normalized spacial score (nSPS) is 13.4. The van der Waals surface area contributed by atoms with Gasteiger partial charge in [-0.15, -0.1) is 0 Å². The Labute approximate surface area is 491 Å². The molecule has 1 atom stereocenters. The molecule has 0 aromatic carbocycles. The predicted molar refractivity (Wildman–Crippen MR) is 348 cm³/mol. The highest BCUT2D eigenvalue weighted by Gasteiger charge is 2.19. The maximum atomic E-state index is 12.8. The minimum atomic E-state index is -0.817. The number of carbonyl (C=O) groups is 3. The van der Waals surface area contributed by atoms with Crippen molar-refractivity contribution < 1.29 is 28.6 Å². The molecule has 6 heteroatoms. The van der Waals surface area contributed by atoms with Gasteiger partial charge in [-0.2, -0.15) is 0 Å². The maximum absolute atomic E-state index is 12.8. The highest BCUT2D eigenvalue weighted by atomic mass is 16.6. The molecule has 0 N–H and O–H groups in total. The number of hydrogen-bond donors (Lipinski definition) is 0. The van der Waals surface area contributed by atoms with Gasteiger partial charge in [-0.1, -0.05) is 267 Å². The predicted octanol–water partition coefficient (Wildman–Crippen LogP) is 22.0. The Morgan fingerprint density at radius 2 is 0.487 bits per heavy atom. The average Bonchev–Trinajstić information content (AvgIpc) is 3.46. The second-order valence-corrected chi connectivity index (χ2v) is 20.2. The van der Waals surface area contributed by atoms with Gasteiger partial charge in [0.2, 0.25) is 0 Å². The SMILES string of the molecule is CC/C=C\C/C=C\C/C=C\C/C=C\C/C=C\C/C=C\C/C=C\C/C=C\C/C=C\CCCCCCCC(=O)OCC(COC(=O)CCCCCCCCCC)OC(=O)CCCC/C=C\C/C=C\C/C=C\C/C=C\C/C=C\C/C=C\CC. The standard InChI is InChI=1S/C74H114O6/c1-4-7-10-13-16-19-21-23-25-27-29-31-32-33-34-35-36-37-38-39-40-41-42-44-45-47-49-51-53-55-58-61-64-67-73(76)79-70-71(69-78-72(75)66-63-60-57-18-15-12-9-6-3)80-74(77)68-65-62-59-56-54-52-50-48-46-43-30-28-26-24-22-20-17-14-11-8-5-2/h7-8,10-11,16-17,19-20,23-26,29-31,33-34,36-37,39-40,42-44,47-50,54,56,71H,4-6,9,12-15,18,21-22,27-28,32,35,38,41,45-46,51-53,55,57-70H2,1-3H3/b10-7-,11-8-,19-16-,20-17-,25-23-,26-24-,31-29-,34-33-,37-36-,40-39-,43-30-,44-42-,49-47-,50-48-,56-54-. The van der Waals surface area contributed by atoms with Gasteiger partial charge in [0.1, 0.15) is 13.2 Å². The van der Waals surface area contributed by atoms with E-state index in [0.717, 1.165) is 167 Å². The Kier molecular flexibility index (Phi) is 61.5. The monoisotopic (exact) mass is 1100 g/mol. The van der Waals surface area contributed by atoms with Crippen molar-refractivity contribution in [3.63, 3.8) is 0 Å². The average molecular weight is 1100 g/mol. The summed E-state index contributed by atoms with van der Waals surface area (Å²) in [5.74, 6) is -0.987. The lowest BCUT2D eigenvalue weighted by molar-refractivity contribution is -0.167. The van der Waals surface area contributed by atoms with Crippen LogP contribution in [-0.2, 0) is 28.6 Å². The second-order valence-electron chi connectivity index (χ2n) is 20.2. The molecular weight excluding hydrogens is 985 g/mol. The smallest absolute Gasteiger partial charge is 0.306 e. The lowest BCUT2D eigenvalue weighted by atomic mass is 10.1. The summed E-state index contributed by atoms with van der Waals surface area (Å²) in [5, 5.41) is 0. The van der Waals surface area contributed by atoms with E-state index < -0.39 is 6.10 Å². The summed E-state index contributed by atoms with van der Waals surface area (Å²) in [6, 6.07) is 0. The number of hydrogen-bond acceptors (Lipinski definition) is 6. The van der Waals surface area contributed by atoms with Gasteiger partial charge < -0.3 is 14.2 Å². The minimum absolute atomic E-state index is 0.109. The van der Waals surface area contributed by atoms with Crippen molar-refractivity contribution in [3.05, 3.63) is 182 Å². The Morgan fingerprint density at radius 1 is 0.263 bits per heavy atom. The number of rotatable bonds is 55. The van der Waals surface area contributed by atoms with Gasteiger partial charge in [0.25, 0.3) is 0 Å². The molecule has 446 valence electrons. The van der Waals surface area contributed by atoms with E-state index in [1.54, 1.807) is 0 Å². The Morgan fingerprint density at radius 3 is 0.787 bits per heavy atom. The fourth-order valence-electron chi connectivity index (χ4n) is 7.97. The van der Waals surface area contributed by atoms with Gasteiger partial charge in [-0.3, -0.25) is 14.4 Å². The molecule has 0 fully saturated rings. The van der Waals surface area contributed by atoms with Crippen LogP contribution in [0.4, 0.5) is 0 Å². The van der Waals surface area contributed by atoms with E-state index in [2.05, 4.69) is 203 Å². The van der Waals surface area contributed by atoms with Crippen LogP contribution in [0.3, 0.4) is 0 Å². The van der Waals surface area contributed by atoms with Crippen LogP contribution in [0.25, 0.3) is 0 Å². The molecule has 0 spiro atoms. The van der Waals surface area contributed by atoms with Crippen molar-refractivity contribution in [2.45, 2.75) is 252 Å². The zero-order chi connectivity index (χ0) is 57.8. The largest absolute Gasteiger partial charge is 0.462 e. The van der Waals surface area contributed by atoms with E-state index in [9.17, 15) is 14.4 Å². The zero-order valence-electron chi connectivity index (χ0n) is 51.0. The first-order valence-electron chi connectivity index (χ1n) is 31.8. The van der Waals surface area contributed by atoms with Crippen molar-refractivity contribution in [1.82, 2.24) is 0 Å². The van der Waals surface area contributed by atoms with E-state index in [4.69, 9.17) is 14.2 Å². The zero-order valence-corrected chi connectivity index (χ0v) is 51.0. The molecular formula is C74H114O6. The molecule has 0 saturated heterocycles. The molecule has 0 rings (SSSR count). The van der Waals surface area contributed by atoms with Gasteiger partial charge in [0.05, 0.1) is 0 Å². The van der Waals surface area contributed by atoms with Crippen LogP contribution in [0.5, 0.6) is 0 Å². The van der Waals surface area contributed by atoms with Crippen LogP contribution >= 0.6 is 0 Å². The van der Waals surface area contributed by atoms with Crippen LogP contribution in [-0.4, -0.2) is 37.2 Å². The molecule has 0 aromatic heterocycles. The Balaban J connectivity index is 4.33. The van der Waals surface area contributed by atoms with Gasteiger partial charge in [0, 0.05) is 19.3 Å². The van der Waals surface area contributed by atoms with E-state index in [1.807, 2.05) is 0 Å². The topological polar surface area (TPSA) is 78.9 Å². The quantitative estimate of drug-likeness (QED) is 0.0261. The van der Waals surface area contributed by atoms with Crippen LogP contribution in [0.2, 0.25) is 0 Å². The van der Waals surface area contributed by atoms with Crippen molar-refractivity contribution >= 4 is 17.9 Å². The first kappa shape index (κ1) is 74.5. The molecule has 0 aliphatic heterocycles. The summed E-state index contributed by atoms with van der Waals surface area (Å²) in [6.07, 6.45) is 99.1. The third kappa shape index (κ3) is 63.3. The Hall–Kier alpha value is -5.49. The molecule has 0 saturated carbocycles. The fourth-order valence-corrected chi connectivity index (χ4v) is 7.97. The summed E-state index contributed by atoms with van der Waals surface area (Å²) in [7, 11) is 0. The highest BCUT2D eigenvalue weighted by molar-refractivity contribution is 5.71. The maximum Gasteiger partial charge on any atom is 0.306 e. The van der Waals surface area contributed by atoms with E-state index in [0.29, 0.717) is 19.3 Å². The van der Waals surface area contributed by atoms with Crippen molar-refractivity contribution in [2.75, 3.05) is 13.2 Å². The third-order valence-corrected chi connectivity index (χ3v) is 12.7. The highest BCUT2D eigenvalue weighted by Crippen LogP contribution is 2.13. The summed E-state index contributed by atoms with van der Waals surface area (Å²) in [6.45, 7) is 6.31. The number of unbranched alkanes of at least 4 members (excludes halogenated alkanes) is 14. The fraction of sp³-hybridized carbons (Fsp3) is 0.554. The molecule has 6 nitrogen and oxygen atoms in total. The molecule has 1 unspecified atom stereocenters. The van der Waals surface area contributed by atoms with Crippen molar-refractivity contribution in [1.29, 1.82) is 0 Å². The third-order valence-electron chi connectivity index (χ3n) is 12.7. The molecule has 0 bridgehead atoms. The van der Waals surface area contributed by atoms with E-state index in [1.165, 1.54) is 32.1 Å². The molecule has 0 aliphatic carbocycles. The second kappa shape index (κ2) is 66.0. The number of ether oxygens (including phenoxy) is 3. The molecule has 0 radical (unpaired) electrons. The number of esters is 3. The lowest BCUT2D eigenvalue weighted by Crippen LogP contribution is -2.30. The van der Waals surface area contributed by atoms with Gasteiger partial charge >= 0.3 is 17.9 Å². The first-order valence-corrected chi connectivity index (χ1v) is 31.8. The molecule has 0 aromatic rings. The van der Waals surface area contributed by atoms with Gasteiger partial charge in [-0.05, 0) is 141 Å². The van der Waals surface area contributed by atoms with Crippen molar-refractivity contribution in [3.8, 4) is 0 Å². The molecule has 0 amide bonds. The van der Waals surface area contributed by atoms with E-state index >= 15 is 0 Å². The first-order chi connectivity index (χ1) is 39.5.